The number of hydrogen-bond acceptors (Lipinski definition) is 5. The second-order valence-electron chi connectivity index (χ2n) is 8.89. The lowest BCUT2D eigenvalue weighted by molar-refractivity contribution is -0.141. The van der Waals surface area contributed by atoms with Gasteiger partial charge in [0.15, 0.2) is 0 Å². The van der Waals surface area contributed by atoms with Crippen LogP contribution in [-0.4, -0.2) is 57.1 Å². The van der Waals surface area contributed by atoms with Gasteiger partial charge >= 0.3 is 0 Å². The molecule has 0 spiro atoms. The first-order chi connectivity index (χ1) is 17.1. The number of carbonyl (C=O) groups is 2. The monoisotopic (exact) mass is 517 g/mol. The summed E-state index contributed by atoms with van der Waals surface area (Å²) >= 11 is 0. The number of methoxy groups -OCH3 is 1. The Kier molecular flexibility index (Phi) is 11.2. The molecule has 0 bridgehead atoms. The maximum Gasteiger partial charge on any atom is 0.243 e. The Morgan fingerprint density at radius 1 is 1.00 bits per heavy atom. The number of hydrogen-bond donors (Lipinski definition) is 1. The van der Waals surface area contributed by atoms with Gasteiger partial charge in [0.05, 0.1) is 19.1 Å². The van der Waals surface area contributed by atoms with Gasteiger partial charge in [0, 0.05) is 25.6 Å². The van der Waals surface area contributed by atoms with Crippen molar-refractivity contribution in [2.45, 2.75) is 65.1 Å². The molecular weight excluding hydrogens is 478 g/mol. The largest absolute Gasteiger partial charge is 0.497 e. The van der Waals surface area contributed by atoms with E-state index in [1.807, 2.05) is 51.1 Å². The summed E-state index contributed by atoms with van der Waals surface area (Å²) in [6.07, 6.45) is 2.84. The minimum atomic E-state index is -3.51. The number of anilines is 1. The van der Waals surface area contributed by atoms with Crippen molar-refractivity contribution in [3.8, 4) is 5.75 Å². The number of benzene rings is 2. The maximum atomic E-state index is 13.5. The van der Waals surface area contributed by atoms with Crippen molar-refractivity contribution in [3.63, 3.8) is 0 Å². The molecule has 0 aliphatic heterocycles. The third-order valence-corrected chi connectivity index (χ3v) is 7.29. The fourth-order valence-electron chi connectivity index (χ4n) is 3.89. The second kappa shape index (κ2) is 13.9. The van der Waals surface area contributed by atoms with Crippen LogP contribution in [0.25, 0.3) is 0 Å². The summed E-state index contributed by atoms with van der Waals surface area (Å²) in [5.74, 6) is 0.328. The SMILES string of the molecule is CC[C@@H](C)NC(=O)[C@H](CC)N(Cc1ccc(OC)cc1)C(=O)CCCN(c1ccccc1)S(C)(=O)=O. The van der Waals surface area contributed by atoms with E-state index in [0.29, 0.717) is 24.3 Å². The third kappa shape index (κ3) is 8.55. The van der Waals surface area contributed by atoms with E-state index in [9.17, 15) is 18.0 Å². The van der Waals surface area contributed by atoms with Crippen LogP contribution in [0.15, 0.2) is 54.6 Å². The smallest absolute Gasteiger partial charge is 0.243 e. The maximum absolute atomic E-state index is 13.5. The van der Waals surface area contributed by atoms with Gasteiger partial charge in [0.2, 0.25) is 21.8 Å². The number of nitrogens with zero attached hydrogens (tertiary/aromatic N) is 2. The highest BCUT2D eigenvalue weighted by molar-refractivity contribution is 7.92. The molecule has 0 heterocycles. The van der Waals surface area contributed by atoms with Crippen LogP contribution in [0.4, 0.5) is 5.69 Å². The first kappa shape index (κ1) is 29.2. The van der Waals surface area contributed by atoms with Gasteiger partial charge in [0.1, 0.15) is 11.8 Å². The van der Waals surface area contributed by atoms with Gasteiger partial charge in [0.25, 0.3) is 0 Å². The van der Waals surface area contributed by atoms with Crippen molar-refractivity contribution < 1.29 is 22.7 Å². The molecular formula is C27H39N3O5S. The van der Waals surface area contributed by atoms with Crippen LogP contribution < -0.4 is 14.4 Å². The van der Waals surface area contributed by atoms with Gasteiger partial charge in [-0.05, 0) is 56.0 Å². The van der Waals surface area contributed by atoms with Crippen molar-refractivity contribution in [2.24, 2.45) is 0 Å². The highest BCUT2D eigenvalue weighted by atomic mass is 32.2. The van der Waals surface area contributed by atoms with E-state index in [1.54, 1.807) is 36.3 Å². The molecule has 0 saturated carbocycles. The van der Waals surface area contributed by atoms with Crippen LogP contribution in [0, 0.1) is 0 Å². The minimum Gasteiger partial charge on any atom is -0.497 e. The standard InChI is InChI=1S/C27H39N3O5S/c1-6-21(3)28-27(32)25(7-2)29(20-22-15-17-24(35-4)18-16-22)26(31)14-11-19-30(36(5,33)34)23-12-9-8-10-13-23/h8-10,12-13,15-18,21,25H,6-7,11,14,19-20H2,1-5H3,(H,28,32)/t21-,25+/m1/s1. The molecule has 1 N–H and O–H groups in total. The molecule has 2 aromatic rings. The fraction of sp³-hybridized carbons (Fsp3) is 0.481. The molecule has 0 fully saturated rings. The van der Waals surface area contributed by atoms with E-state index < -0.39 is 16.1 Å². The predicted molar refractivity (Wildman–Crippen MR) is 143 cm³/mol. The van der Waals surface area contributed by atoms with Crippen LogP contribution in [0.3, 0.4) is 0 Å². The molecule has 2 rings (SSSR count). The summed E-state index contributed by atoms with van der Waals surface area (Å²) in [4.78, 5) is 28.1. The summed E-state index contributed by atoms with van der Waals surface area (Å²) in [6.45, 7) is 6.25. The van der Waals surface area contributed by atoms with Crippen LogP contribution in [0.1, 0.15) is 52.0 Å². The number of rotatable bonds is 14. The normalized spacial score (nSPS) is 12.9. The van der Waals surface area contributed by atoms with Gasteiger partial charge in [-0.3, -0.25) is 13.9 Å². The summed E-state index contributed by atoms with van der Waals surface area (Å²) < 4.78 is 31.3. The van der Waals surface area contributed by atoms with Crippen LogP contribution in [0.2, 0.25) is 0 Å². The van der Waals surface area contributed by atoms with E-state index in [-0.39, 0.29) is 37.4 Å². The van der Waals surface area contributed by atoms with Crippen molar-refractivity contribution in [1.82, 2.24) is 10.2 Å². The van der Waals surface area contributed by atoms with Gasteiger partial charge in [-0.2, -0.15) is 0 Å². The molecule has 2 atom stereocenters. The van der Waals surface area contributed by atoms with Crippen LogP contribution in [0.5, 0.6) is 5.75 Å². The molecule has 0 unspecified atom stereocenters. The molecule has 0 aliphatic rings. The van der Waals surface area contributed by atoms with Gasteiger partial charge in [-0.1, -0.05) is 44.2 Å². The summed E-state index contributed by atoms with van der Waals surface area (Å²) in [7, 11) is -1.92. The Labute approximate surface area is 215 Å². The lowest BCUT2D eigenvalue weighted by Gasteiger charge is -2.32. The van der Waals surface area contributed by atoms with Crippen molar-refractivity contribution in [2.75, 3.05) is 24.2 Å². The van der Waals surface area contributed by atoms with Gasteiger partial charge in [-0.15, -0.1) is 0 Å². The second-order valence-corrected chi connectivity index (χ2v) is 10.8. The van der Waals surface area contributed by atoms with E-state index >= 15 is 0 Å². The zero-order valence-corrected chi connectivity index (χ0v) is 22.8. The Hall–Kier alpha value is -3.07. The van der Waals surface area contributed by atoms with Gasteiger partial charge in [-0.25, -0.2) is 8.42 Å². The minimum absolute atomic E-state index is 0.00122. The Bertz CT molecular complexity index is 1070. The summed E-state index contributed by atoms with van der Waals surface area (Å²) in [5.41, 5.74) is 1.43. The summed E-state index contributed by atoms with van der Waals surface area (Å²) in [5, 5.41) is 3.00. The van der Waals surface area contributed by atoms with Crippen molar-refractivity contribution >= 4 is 27.5 Å². The number of amides is 2. The molecule has 2 amide bonds. The van der Waals surface area contributed by atoms with Crippen LogP contribution in [-0.2, 0) is 26.2 Å². The lowest BCUT2D eigenvalue weighted by atomic mass is 10.1. The van der Waals surface area contributed by atoms with E-state index in [4.69, 9.17) is 4.74 Å². The first-order valence-electron chi connectivity index (χ1n) is 12.4. The molecule has 36 heavy (non-hydrogen) atoms. The predicted octanol–water partition coefficient (Wildman–Crippen LogP) is 3.96. The number of carbonyl (C=O) groups excluding carboxylic acids is 2. The Morgan fingerprint density at radius 2 is 1.64 bits per heavy atom. The molecule has 9 heteroatoms. The number of sulfonamides is 1. The molecule has 2 aromatic carbocycles. The number of ether oxygens (including phenoxy) is 1. The fourth-order valence-corrected chi connectivity index (χ4v) is 4.85. The Balaban J connectivity index is 2.21. The topological polar surface area (TPSA) is 96.0 Å². The zero-order valence-electron chi connectivity index (χ0n) is 21.9. The summed E-state index contributed by atoms with van der Waals surface area (Å²) in [6, 6.07) is 15.6. The number of para-hydroxylation sites is 1. The highest BCUT2D eigenvalue weighted by Crippen LogP contribution is 2.20. The highest BCUT2D eigenvalue weighted by Gasteiger charge is 2.29. The molecule has 0 aromatic heterocycles. The van der Waals surface area contributed by atoms with Crippen molar-refractivity contribution in [1.29, 1.82) is 0 Å². The van der Waals surface area contributed by atoms with Crippen molar-refractivity contribution in [3.05, 3.63) is 60.2 Å². The molecule has 0 radical (unpaired) electrons. The molecule has 8 nitrogen and oxygen atoms in total. The molecule has 198 valence electrons. The average Bonchev–Trinajstić information content (AvgIpc) is 2.86. The lowest BCUT2D eigenvalue weighted by Crippen LogP contribution is -2.50. The average molecular weight is 518 g/mol. The van der Waals surface area contributed by atoms with Crippen LogP contribution >= 0.6 is 0 Å². The molecule has 0 saturated heterocycles. The van der Waals surface area contributed by atoms with E-state index in [2.05, 4.69) is 5.32 Å². The van der Waals surface area contributed by atoms with E-state index in [0.717, 1.165) is 18.2 Å². The first-order valence-corrected chi connectivity index (χ1v) is 14.2. The molecule has 0 aliphatic carbocycles. The zero-order chi connectivity index (χ0) is 26.7. The third-order valence-electron chi connectivity index (χ3n) is 6.10. The quantitative estimate of drug-likeness (QED) is 0.409. The van der Waals surface area contributed by atoms with E-state index in [1.165, 1.54) is 4.31 Å². The van der Waals surface area contributed by atoms with Gasteiger partial charge < -0.3 is 15.0 Å². The number of nitrogens with one attached hydrogen (secondary N) is 1. The Morgan fingerprint density at radius 3 is 2.17 bits per heavy atom.